The summed E-state index contributed by atoms with van der Waals surface area (Å²) in [5.41, 5.74) is 6.04. The predicted octanol–water partition coefficient (Wildman–Crippen LogP) is 1.67. The quantitative estimate of drug-likeness (QED) is 0.888. The summed E-state index contributed by atoms with van der Waals surface area (Å²) in [7, 11) is -3.58. The van der Waals surface area contributed by atoms with Crippen molar-refractivity contribution in [2.45, 2.75) is 26.3 Å². The van der Waals surface area contributed by atoms with Crippen LogP contribution in [0.5, 0.6) is 0 Å². The molecule has 1 aromatic carbocycles. The van der Waals surface area contributed by atoms with Crippen molar-refractivity contribution in [3.8, 4) is 0 Å². The fourth-order valence-electron chi connectivity index (χ4n) is 2.23. The zero-order valence-corrected chi connectivity index (χ0v) is 12.3. The molecule has 0 amide bonds. The molecule has 0 aliphatic carbocycles. The zero-order chi connectivity index (χ0) is 14.8. The summed E-state index contributed by atoms with van der Waals surface area (Å²) in [6.07, 6.45) is 1.72. The van der Waals surface area contributed by atoms with Crippen LogP contribution in [0.15, 0.2) is 18.2 Å². The van der Waals surface area contributed by atoms with Crippen molar-refractivity contribution in [2.75, 3.05) is 17.8 Å². The molecule has 1 aromatic rings. The zero-order valence-electron chi connectivity index (χ0n) is 11.5. The lowest BCUT2D eigenvalue weighted by Gasteiger charge is -2.29. The van der Waals surface area contributed by atoms with Crippen molar-refractivity contribution in [2.24, 2.45) is 11.7 Å². The minimum absolute atomic E-state index is 0.0304. The molecule has 0 unspecified atom stereocenters. The Kier molecular flexibility index (Phi) is 4.62. The largest absolute Gasteiger partial charge is 0.326 e. The second-order valence-electron chi connectivity index (χ2n) is 5.20. The lowest BCUT2D eigenvalue weighted by atomic mass is 10.0. The van der Waals surface area contributed by atoms with Crippen LogP contribution in [0.1, 0.15) is 25.3 Å². The third-order valence-corrected chi connectivity index (χ3v) is 5.13. The fourth-order valence-corrected chi connectivity index (χ4v) is 3.48. The van der Waals surface area contributed by atoms with Crippen LogP contribution in [0.2, 0.25) is 0 Å². The lowest BCUT2D eigenvalue weighted by Crippen LogP contribution is -2.41. The normalized spacial score (nSPS) is 18.1. The summed E-state index contributed by atoms with van der Waals surface area (Å²) in [5, 5.41) is 0. The summed E-state index contributed by atoms with van der Waals surface area (Å²) in [5.74, 6) is 0.123. The van der Waals surface area contributed by atoms with Gasteiger partial charge in [0.15, 0.2) is 0 Å². The number of benzene rings is 1. The van der Waals surface area contributed by atoms with E-state index in [-0.39, 0.29) is 12.1 Å². The van der Waals surface area contributed by atoms with Crippen molar-refractivity contribution < 1.29 is 12.8 Å². The molecule has 20 heavy (non-hydrogen) atoms. The minimum atomic E-state index is -3.58. The summed E-state index contributed by atoms with van der Waals surface area (Å²) in [6.45, 7) is 3.18. The highest BCUT2D eigenvalue weighted by Gasteiger charge is 2.26. The van der Waals surface area contributed by atoms with E-state index in [1.807, 2.05) is 0 Å². The van der Waals surface area contributed by atoms with Crippen LogP contribution in [-0.4, -0.2) is 25.8 Å². The predicted molar refractivity (Wildman–Crippen MR) is 76.8 cm³/mol. The van der Waals surface area contributed by atoms with E-state index < -0.39 is 16.0 Å². The van der Waals surface area contributed by atoms with Gasteiger partial charge in [0.05, 0.1) is 5.69 Å². The maximum Gasteiger partial charge on any atom is 0.301 e. The van der Waals surface area contributed by atoms with Gasteiger partial charge in [-0.3, -0.25) is 4.72 Å². The molecule has 1 saturated heterocycles. The first-order valence-corrected chi connectivity index (χ1v) is 8.13. The van der Waals surface area contributed by atoms with Crippen LogP contribution in [-0.2, 0) is 16.8 Å². The number of rotatable bonds is 4. The van der Waals surface area contributed by atoms with Crippen LogP contribution in [0.4, 0.5) is 10.1 Å². The van der Waals surface area contributed by atoms with Gasteiger partial charge in [-0.25, -0.2) is 4.39 Å². The maximum atomic E-state index is 13.3. The van der Waals surface area contributed by atoms with E-state index in [1.54, 1.807) is 0 Å². The molecular weight excluding hydrogens is 281 g/mol. The second kappa shape index (κ2) is 6.07. The van der Waals surface area contributed by atoms with Gasteiger partial charge in [-0.2, -0.15) is 12.7 Å². The number of piperidine rings is 1. The highest BCUT2D eigenvalue weighted by molar-refractivity contribution is 7.90. The van der Waals surface area contributed by atoms with Crippen molar-refractivity contribution >= 4 is 15.9 Å². The molecule has 112 valence electrons. The van der Waals surface area contributed by atoms with Crippen LogP contribution in [0, 0.1) is 11.7 Å². The minimum Gasteiger partial charge on any atom is -0.326 e. The van der Waals surface area contributed by atoms with Crippen molar-refractivity contribution in [3.05, 3.63) is 29.6 Å². The summed E-state index contributed by atoms with van der Waals surface area (Å²) >= 11 is 0. The fraction of sp³-hybridized carbons (Fsp3) is 0.538. The number of nitrogens with two attached hydrogens (primary N) is 1. The first-order valence-electron chi connectivity index (χ1n) is 6.69. The van der Waals surface area contributed by atoms with Crippen molar-refractivity contribution in [1.82, 2.24) is 4.31 Å². The monoisotopic (exact) mass is 301 g/mol. The Hall–Kier alpha value is -1.18. The molecule has 0 bridgehead atoms. The van der Waals surface area contributed by atoms with Crippen molar-refractivity contribution in [1.29, 1.82) is 0 Å². The second-order valence-corrected chi connectivity index (χ2v) is 6.87. The first kappa shape index (κ1) is 15.2. The van der Waals surface area contributed by atoms with Crippen molar-refractivity contribution in [3.63, 3.8) is 0 Å². The third kappa shape index (κ3) is 3.47. The molecule has 3 N–H and O–H groups in total. The molecule has 1 heterocycles. The number of halogens is 1. The van der Waals surface area contributed by atoms with Gasteiger partial charge in [0.25, 0.3) is 0 Å². The Morgan fingerprint density at radius 3 is 2.65 bits per heavy atom. The molecule has 1 fully saturated rings. The van der Waals surface area contributed by atoms with Gasteiger partial charge in [-0.1, -0.05) is 6.92 Å². The number of hydrogen-bond acceptors (Lipinski definition) is 3. The van der Waals surface area contributed by atoms with Crippen LogP contribution >= 0.6 is 0 Å². The molecule has 0 spiro atoms. The van der Waals surface area contributed by atoms with E-state index in [4.69, 9.17) is 5.73 Å². The Balaban J connectivity index is 2.12. The van der Waals surface area contributed by atoms with Gasteiger partial charge in [0.2, 0.25) is 0 Å². The van der Waals surface area contributed by atoms with Gasteiger partial charge in [-0.15, -0.1) is 0 Å². The van der Waals surface area contributed by atoms with Gasteiger partial charge in [0, 0.05) is 25.2 Å². The van der Waals surface area contributed by atoms with E-state index >= 15 is 0 Å². The Labute approximate surface area is 119 Å². The highest BCUT2D eigenvalue weighted by atomic mass is 32.2. The number of nitrogens with zero attached hydrogens (tertiary/aromatic N) is 1. The van der Waals surface area contributed by atoms with E-state index in [0.717, 1.165) is 12.8 Å². The van der Waals surface area contributed by atoms with Gasteiger partial charge in [-0.05, 0) is 37.0 Å². The van der Waals surface area contributed by atoms with Crippen LogP contribution in [0.3, 0.4) is 0 Å². The standard InChI is InChI=1S/C13H20FN3O2S/c1-10-4-6-17(7-5-10)20(18,19)16-12-2-3-13(14)11(8-12)9-15/h2-3,8,10,16H,4-7,9,15H2,1H3. The van der Waals surface area contributed by atoms with E-state index in [0.29, 0.717) is 24.7 Å². The lowest BCUT2D eigenvalue weighted by molar-refractivity contribution is 0.289. The summed E-state index contributed by atoms with van der Waals surface area (Å²) in [4.78, 5) is 0. The SMILES string of the molecule is CC1CCN(S(=O)(=O)Nc2ccc(F)c(CN)c2)CC1. The first-order chi connectivity index (χ1) is 9.42. The van der Waals surface area contributed by atoms with Gasteiger partial charge in [0.1, 0.15) is 5.82 Å². The smallest absolute Gasteiger partial charge is 0.301 e. The van der Waals surface area contributed by atoms with Gasteiger partial charge >= 0.3 is 10.2 Å². The number of anilines is 1. The molecule has 5 nitrogen and oxygen atoms in total. The number of hydrogen-bond donors (Lipinski definition) is 2. The highest BCUT2D eigenvalue weighted by Crippen LogP contribution is 2.21. The molecule has 7 heteroatoms. The molecule has 0 atom stereocenters. The Morgan fingerprint density at radius 2 is 2.05 bits per heavy atom. The molecular formula is C13H20FN3O2S. The summed E-state index contributed by atoms with van der Waals surface area (Å²) < 4.78 is 41.7. The van der Waals surface area contributed by atoms with E-state index in [2.05, 4.69) is 11.6 Å². The average Bonchev–Trinajstić information content (AvgIpc) is 2.41. The molecule has 0 aromatic heterocycles. The molecule has 1 aliphatic rings. The maximum absolute atomic E-state index is 13.3. The average molecular weight is 301 g/mol. The molecule has 0 radical (unpaired) electrons. The summed E-state index contributed by atoms with van der Waals surface area (Å²) in [6, 6.07) is 4.05. The van der Waals surface area contributed by atoms with Gasteiger partial charge < -0.3 is 5.73 Å². The van der Waals surface area contributed by atoms with E-state index in [9.17, 15) is 12.8 Å². The van der Waals surface area contributed by atoms with Crippen LogP contribution in [0.25, 0.3) is 0 Å². The molecule has 2 rings (SSSR count). The Bertz CT molecular complexity index is 569. The molecule has 1 aliphatic heterocycles. The Morgan fingerprint density at radius 1 is 1.40 bits per heavy atom. The third-order valence-electron chi connectivity index (χ3n) is 3.59. The van der Waals surface area contributed by atoms with E-state index in [1.165, 1.54) is 22.5 Å². The molecule has 0 saturated carbocycles. The topological polar surface area (TPSA) is 75.4 Å². The van der Waals surface area contributed by atoms with Crippen LogP contribution < -0.4 is 10.5 Å². The number of nitrogens with one attached hydrogen (secondary N) is 1.